The molecule has 2 aromatic rings. The van der Waals surface area contributed by atoms with E-state index in [4.69, 9.17) is 5.73 Å². The number of rotatable bonds is 3. The number of para-hydroxylation sites is 1. The molecule has 0 amide bonds. The number of benzene rings is 2. The summed E-state index contributed by atoms with van der Waals surface area (Å²) in [6, 6.07) is 10.1. The standard InChI is InChI=1S/C14H12F2N2S/c1-8-4-2-3-5-10(8)18-11-7-6-9(14(17)19)12(15)13(11)16/h2-7,18H,1H3,(H2,17,19). The van der Waals surface area contributed by atoms with Crippen LogP contribution in [0.3, 0.4) is 0 Å². The summed E-state index contributed by atoms with van der Waals surface area (Å²) >= 11 is 4.65. The third kappa shape index (κ3) is 2.71. The quantitative estimate of drug-likeness (QED) is 0.842. The van der Waals surface area contributed by atoms with Crippen LogP contribution in [0.4, 0.5) is 20.2 Å². The fourth-order valence-corrected chi connectivity index (χ4v) is 1.85. The van der Waals surface area contributed by atoms with Gasteiger partial charge in [0.1, 0.15) is 4.99 Å². The van der Waals surface area contributed by atoms with Gasteiger partial charge < -0.3 is 11.1 Å². The van der Waals surface area contributed by atoms with Gasteiger partial charge in [0, 0.05) is 11.3 Å². The Morgan fingerprint density at radius 3 is 2.37 bits per heavy atom. The highest BCUT2D eigenvalue weighted by molar-refractivity contribution is 7.80. The Hall–Kier alpha value is -2.01. The molecule has 0 fully saturated rings. The lowest BCUT2D eigenvalue weighted by atomic mass is 10.1. The van der Waals surface area contributed by atoms with Crippen LogP contribution < -0.4 is 11.1 Å². The zero-order valence-corrected chi connectivity index (χ0v) is 11.0. The Morgan fingerprint density at radius 1 is 1.05 bits per heavy atom. The summed E-state index contributed by atoms with van der Waals surface area (Å²) in [6.07, 6.45) is 0. The molecule has 0 aromatic heterocycles. The molecule has 0 spiro atoms. The molecule has 0 aliphatic rings. The molecule has 19 heavy (non-hydrogen) atoms. The number of nitrogens with one attached hydrogen (secondary N) is 1. The first-order valence-electron chi connectivity index (χ1n) is 5.61. The summed E-state index contributed by atoms with van der Waals surface area (Å²) < 4.78 is 27.6. The number of hydrogen-bond donors (Lipinski definition) is 2. The van der Waals surface area contributed by atoms with Gasteiger partial charge in [-0.1, -0.05) is 30.4 Å². The Morgan fingerprint density at radius 2 is 1.74 bits per heavy atom. The lowest BCUT2D eigenvalue weighted by Crippen LogP contribution is -2.13. The number of anilines is 2. The Bertz CT molecular complexity index is 641. The van der Waals surface area contributed by atoms with E-state index in [1.165, 1.54) is 12.1 Å². The van der Waals surface area contributed by atoms with Gasteiger partial charge in [0.2, 0.25) is 0 Å². The fraction of sp³-hybridized carbons (Fsp3) is 0.0714. The van der Waals surface area contributed by atoms with Crippen LogP contribution in [-0.2, 0) is 0 Å². The van der Waals surface area contributed by atoms with Crippen LogP contribution in [0.25, 0.3) is 0 Å². The summed E-state index contributed by atoms with van der Waals surface area (Å²) in [5.74, 6) is -2.03. The van der Waals surface area contributed by atoms with Crippen LogP contribution in [0.15, 0.2) is 36.4 Å². The van der Waals surface area contributed by atoms with E-state index in [0.29, 0.717) is 5.69 Å². The van der Waals surface area contributed by atoms with Gasteiger partial charge in [-0.25, -0.2) is 8.78 Å². The van der Waals surface area contributed by atoms with E-state index in [9.17, 15) is 8.78 Å². The summed E-state index contributed by atoms with van der Waals surface area (Å²) in [4.78, 5) is -0.168. The molecule has 0 aliphatic heterocycles. The van der Waals surface area contributed by atoms with Crippen molar-refractivity contribution in [1.82, 2.24) is 0 Å². The van der Waals surface area contributed by atoms with Crippen LogP contribution in [0.1, 0.15) is 11.1 Å². The van der Waals surface area contributed by atoms with Gasteiger partial charge in [0.05, 0.1) is 5.69 Å². The second-order valence-electron chi connectivity index (χ2n) is 4.09. The number of hydrogen-bond acceptors (Lipinski definition) is 2. The highest BCUT2D eigenvalue weighted by Gasteiger charge is 2.15. The van der Waals surface area contributed by atoms with Crippen molar-refractivity contribution in [3.63, 3.8) is 0 Å². The molecule has 0 unspecified atom stereocenters. The molecule has 3 N–H and O–H groups in total. The van der Waals surface area contributed by atoms with Crippen LogP contribution >= 0.6 is 12.2 Å². The first-order valence-corrected chi connectivity index (χ1v) is 6.02. The molecule has 0 saturated heterocycles. The number of halogens is 2. The van der Waals surface area contributed by atoms with Crippen LogP contribution in [0.5, 0.6) is 0 Å². The van der Waals surface area contributed by atoms with Crippen LogP contribution in [-0.4, -0.2) is 4.99 Å². The van der Waals surface area contributed by atoms with Crippen molar-refractivity contribution in [2.24, 2.45) is 5.73 Å². The van der Waals surface area contributed by atoms with Crippen molar-refractivity contribution < 1.29 is 8.78 Å². The fourth-order valence-electron chi connectivity index (χ4n) is 1.69. The molecule has 2 aromatic carbocycles. The molecule has 0 saturated carbocycles. The van der Waals surface area contributed by atoms with Crippen molar-refractivity contribution in [1.29, 1.82) is 0 Å². The molecule has 0 heterocycles. The maximum atomic E-state index is 13.9. The van der Waals surface area contributed by atoms with Gasteiger partial charge in [0.15, 0.2) is 11.6 Å². The summed E-state index contributed by atoms with van der Waals surface area (Å²) in [6.45, 7) is 1.87. The van der Waals surface area contributed by atoms with Gasteiger partial charge in [-0.15, -0.1) is 0 Å². The maximum Gasteiger partial charge on any atom is 0.182 e. The number of aryl methyl sites for hydroxylation is 1. The lowest BCUT2D eigenvalue weighted by molar-refractivity contribution is 0.510. The van der Waals surface area contributed by atoms with Crippen molar-refractivity contribution in [2.45, 2.75) is 6.92 Å². The molecule has 5 heteroatoms. The SMILES string of the molecule is Cc1ccccc1Nc1ccc(C(N)=S)c(F)c1F. The van der Waals surface area contributed by atoms with E-state index in [1.54, 1.807) is 6.07 Å². The molecule has 98 valence electrons. The second-order valence-corrected chi connectivity index (χ2v) is 4.53. The first-order chi connectivity index (χ1) is 9.00. The van der Waals surface area contributed by atoms with Crippen molar-refractivity contribution in [3.05, 3.63) is 59.2 Å². The molecule has 2 nitrogen and oxygen atoms in total. The normalized spacial score (nSPS) is 10.3. The van der Waals surface area contributed by atoms with Crippen molar-refractivity contribution >= 4 is 28.6 Å². The van der Waals surface area contributed by atoms with Crippen molar-refractivity contribution in [2.75, 3.05) is 5.32 Å². The molecular weight excluding hydrogens is 266 g/mol. The topological polar surface area (TPSA) is 38.0 Å². The number of nitrogens with two attached hydrogens (primary N) is 1. The van der Waals surface area contributed by atoms with E-state index >= 15 is 0 Å². The third-order valence-corrected chi connectivity index (χ3v) is 2.98. The smallest absolute Gasteiger partial charge is 0.182 e. The highest BCUT2D eigenvalue weighted by atomic mass is 32.1. The van der Waals surface area contributed by atoms with E-state index < -0.39 is 11.6 Å². The Labute approximate surface area is 115 Å². The van der Waals surface area contributed by atoms with Crippen LogP contribution in [0.2, 0.25) is 0 Å². The Kier molecular flexibility index (Phi) is 3.76. The van der Waals surface area contributed by atoms with Gasteiger partial charge in [-0.2, -0.15) is 0 Å². The highest BCUT2D eigenvalue weighted by Crippen LogP contribution is 2.25. The van der Waals surface area contributed by atoms with Gasteiger partial charge in [-0.3, -0.25) is 0 Å². The van der Waals surface area contributed by atoms with E-state index in [1.807, 2.05) is 25.1 Å². The van der Waals surface area contributed by atoms with Gasteiger partial charge in [0.25, 0.3) is 0 Å². The monoisotopic (exact) mass is 278 g/mol. The molecule has 0 radical (unpaired) electrons. The summed E-state index contributed by atoms with van der Waals surface area (Å²) in [5, 5.41) is 2.85. The van der Waals surface area contributed by atoms with Gasteiger partial charge in [-0.05, 0) is 30.7 Å². The average Bonchev–Trinajstić information content (AvgIpc) is 2.37. The molecule has 0 atom stereocenters. The summed E-state index contributed by atoms with van der Waals surface area (Å²) in [7, 11) is 0. The minimum atomic E-state index is -1.04. The Balaban J connectivity index is 2.40. The molecule has 0 bridgehead atoms. The second kappa shape index (κ2) is 5.32. The maximum absolute atomic E-state index is 13.9. The van der Waals surface area contributed by atoms with E-state index in [0.717, 1.165) is 5.56 Å². The zero-order chi connectivity index (χ0) is 14.0. The van der Waals surface area contributed by atoms with E-state index in [-0.39, 0.29) is 16.2 Å². The first kappa shape index (κ1) is 13.4. The molecule has 2 rings (SSSR count). The lowest BCUT2D eigenvalue weighted by Gasteiger charge is -2.12. The minimum absolute atomic E-state index is 0.0480. The van der Waals surface area contributed by atoms with E-state index in [2.05, 4.69) is 17.5 Å². The average molecular weight is 278 g/mol. The predicted molar refractivity (Wildman–Crippen MR) is 76.7 cm³/mol. The van der Waals surface area contributed by atoms with Crippen LogP contribution in [0, 0.1) is 18.6 Å². The predicted octanol–water partition coefficient (Wildman–Crippen LogP) is 3.65. The minimum Gasteiger partial charge on any atom is -0.389 e. The van der Waals surface area contributed by atoms with Crippen molar-refractivity contribution in [3.8, 4) is 0 Å². The molecular formula is C14H12F2N2S. The largest absolute Gasteiger partial charge is 0.389 e. The van der Waals surface area contributed by atoms with Gasteiger partial charge >= 0.3 is 0 Å². The molecule has 0 aliphatic carbocycles. The zero-order valence-electron chi connectivity index (χ0n) is 10.2. The summed E-state index contributed by atoms with van der Waals surface area (Å²) in [5.41, 5.74) is 6.91. The number of thiocarbonyl (C=S) groups is 1. The third-order valence-electron chi connectivity index (χ3n) is 2.76.